The maximum Gasteiger partial charge on any atom is 0.371 e. The molecule has 4 aromatic rings. The van der Waals surface area contributed by atoms with E-state index in [1.54, 1.807) is 0 Å². The first-order chi connectivity index (χ1) is 25.7. The Kier molecular flexibility index (Phi) is 13.1. The first-order valence-electron chi connectivity index (χ1n) is 15.7. The van der Waals surface area contributed by atoms with Gasteiger partial charge in [-0.2, -0.15) is 0 Å². The van der Waals surface area contributed by atoms with Gasteiger partial charge in [0.2, 0.25) is 5.82 Å². The molecule has 0 spiro atoms. The fraction of sp³-hybridized carbons (Fsp3) is 0.206. The number of allylic oxidation sites excluding steroid dienone is 2. The molecule has 0 bridgehead atoms. The summed E-state index contributed by atoms with van der Waals surface area (Å²) in [5, 5.41) is 0.194. The van der Waals surface area contributed by atoms with Crippen molar-refractivity contribution in [2.24, 2.45) is 0 Å². The first kappa shape index (κ1) is 43.6. The second-order valence-electron chi connectivity index (χ2n) is 12.5. The highest BCUT2D eigenvalue weighted by atomic mass is 35.5. The van der Waals surface area contributed by atoms with Crippen molar-refractivity contribution in [2.75, 3.05) is 5.34 Å². The molecular formula is C34H23B2Cl2F15N2. The van der Waals surface area contributed by atoms with Crippen LogP contribution >= 0.6 is 23.2 Å². The van der Waals surface area contributed by atoms with Crippen LogP contribution in [-0.4, -0.2) is 35.4 Å². The lowest BCUT2D eigenvalue weighted by Gasteiger charge is -2.40. The summed E-state index contributed by atoms with van der Waals surface area (Å²) >= 11 is 9.53. The number of aromatic nitrogens is 1. The van der Waals surface area contributed by atoms with E-state index in [1.807, 2.05) is 0 Å². The summed E-state index contributed by atoms with van der Waals surface area (Å²) in [6.45, 7) is 4.56. The number of hydrogen-bond donors (Lipinski definition) is 0. The van der Waals surface area contributed by atoms with Crippen LogP contribution in [0.5, 0.6) is 0 Å². The summed E-state index contributed by atoms with van der Waals surface area (Å²) < 4.78 is 230. The van der Waals surface area contributed by atoms with E-state index in [-0.39, 0.29) is 9.82 Å². The van der Waals surface area contributed by atoms with Crippen molar-refractivity contribution >= 4 is 52.8 Å². The maximum absolute atomic E-state index is 16.2. The lowest BCUT2D eigenvalue weighted by Crippen LogP contribution is -2.82. The summed E-state index contributed by atoms with van der Waals surface area (Å²) in [4.78, 5) is 1.41. The topological polar surface area (TPSA) is 7.12 Å². The quantitative estimate of drug-likeness (QED) is 0.0566. The monoisotopic (exact) mass is 836 g/mol. The normalized spacial score (nSPS) is 13.2. The molecule has 0 saturated heterocycles. The van der Waals surface area contributed by atoms with Gasteiger partial charge in [0.1, 0.15) is 35.7 Å². The summed E-state index contributed by atoms with van der Waals surface area (Å²) in [5.74, 6) is -40.2. The van der Waals surface area contributed by atoms with E-state index in [1.165, 1.54) is 32.5 Å². The number of halogens is 17. The number of benzene rings is 3. The largest absolute Gasteiger partial charge is 0.415 e. The van der Waals surface area contributed by atoms with Crippen LogP contribution in [0.4, 0.5) is 65.9 Å². The molecule has 0 saturated carbocycles. The van der Waals surface area contributed by atoms with Gasteiger partial charge in [-0.1, -0.05) is 45.3 Å². The summed E-state index contributed by atoms with van der Waals surface area (Å²) in [7, 11) is 0. The first-order valence-corrected chi connectivity index (χ1v) is 16.7. The van der Waals surface area contributed by atoms with E-state index in [9.17, 15) is 22.0 Å². The van der Waals surface area contributed by atoms with Gasteiger partial charge in [0, 0.05) is 0 Å². The molecule has 1 aromatic heterocycles. The average molecular weight is 837 g/mol. The average Bonchev–Trinajstić information content (AvgIpc) is 3.56. The van der Waals surface area contributed by atoms with Crippen LogP contribution in [0.2, 0.25) is 0 Å². The zero-order chi connectivity index (χ0) is 41.6. The third-order valence-corrected chi connectivity index (χ3v) is 8.97. The molecule has 294 valence electrons. The molecule has 0 atom stereocenters. The zero-order valence-corrected chi connectivity index (χ0v) is 29.9. The SMILES string of the molecule is CC(C)N(B1C=C(c2c(F)c(F)c(F)c(F)c2F)C([B-](c2c(F)c(F)c(F)c(F)c2F)(c2c(F)c(F)c(F)c(F)c2F)[n+]2ccccc2)=C1)C(C)C.ClCCl. The second-order valence-corrected chi connectivity index (χ2v) is 13.3. The summed E-state index contributed by atoms with van der Waals surface area (Å²) in [6.07, 6.45) is -3.99. The molecule has 1 aliphatic heterocycles. The van der Waals surface area contributed by atoms with E-state index in [0.717, 1.165) is 18.2 Å². The molecule has 2 nitrogen and oxygen atoms in total. The van der Waals surface area contributed by atoms with Gasteiger partial charge in [-0.15, -0.1) is 34.6 Å². The van der Waals surface area contributed by atoms with Gasteiger partial charge < -0.3 is 9.29 Å². The molecule has 0 amide bonds. The van der Waals surface area contributed by atoms with Gasteiger partial charge >= 0.3 is 6.28 Å². The number of hydrogen-bond acceptors (Lipinski definition) is 1. The third kappa shape index (κ3) is 7.00. The number of alkyl halides is 2. The highest BCUT2D eigenvalue weighted by Gasteiger charge is 2.57. The van der Waals surface area contributed by atoms with Crippen molar-refractivity contribution in [1.82, 2.24) is 4.81 Å². The minimum absolute atomic E-state index is 0.194. The minimum atomic E-state index is -5.25. The van der Waals surface area contributed by atoms with Crippen LogP contribution in [0.1, 0.15) is 33.3 Å². The molecule has 0 fully saturated rings. The molecular weight excluding hydrogens is 814 g/mol. The lowest BCUT2D eigenvalue weighted by molar-refractivity contribution is -0.540. The fourth-order valence-corrected chi connectivity index (χ4v) is 7.04. The summed E-state index contributed by atoms with van der Waals surface area (Å²) in [5.41, 5.74) is -9.21. The molecule has 21 heteroatoms. The molecule has 1 aliphatic rings. The number of nitrogens with zero attached hydrogens (tertiary/aromatic N) is 2. The van der Waals surface area contributed by atoms with Crippen LogP contribution in [0.25, 0.3) is 5.57 Å². The van der Waals surface area contributed by atoms with E-state index in [2.05, 4.69) is 0 Å². The standard InChI is InChI=1S/C33H21B2F15N2.CH2Cl2/c1-12(2)52(13(3)4)34-10-14(16-19(36)25(42)31(48)26(43)20(16)37)15(11-34)35(51-8-6-5-7-9-51,17-21(38)27(44)32(49)28(45)22(17)39)18-23(40)29(46)33(50)30(47)24(18)41;2-1-3/h5-13H,1-4H3;1H2. The smallest absolute Gasteiger partial charge is 0.371 e. The predicted octanol–water partition coefficient (Wildman–Crippen LogP) is 8.84. The maximum atomic E-state index is 16.2. The van der Waals surface area contributed by atoms with E-state index in [4.69, 9.17) is 23.2 Å². The highest BCUT2D eigenvalue weighted by molar-refractivity contribution is 7.04. The van der Waals surface area contributed by atoms with Crippen LogP contribution in [-0.2, 0) is 0 Å². The Hall–Kier alpha value is -4.09. The van der Waals surface area contributed by atoms with Gasteiger partial charge in [-0.05, 0) is 35.1 Å². The molecule has 2 heterocycles. The van der Waals surface area contributed by atoms with Crippen molar-refractivity contribution < 1.29 is 70.3 Å². The molecule has 0 radical (unpaired) electrons. The molecule has 0 unspecified atom stereocenters. The molecule has 55 heavy (non-hydrogen) atoms. The molecule has 0 N–H and O–H groups in total. The predicted molar refractivity (Wildman–Crippen MR) is 176 cm³/mol. The van der Waals surface area contributed by atoms with Crippen molar-refractivity contribution in [3.05, 3.63) is 141 Å². The third-order valence-electron chi connectivity index (χ3n) is 8.97. The Labute approximate surface area is 313 Å². The Morgan fingerprint density at radius 3 is 1.15 bits per heavy atom. The van der Waals surface area contributed by atoms with Gasteiger partial charge in [0.25, 0.3) is 6.85 Å². The zero-order valence-electron chi connectivity index (χ0n) is 28.4. The number of rotatable bonds is 8. The van der Waals surface area contributed by atoms with E-state index in [0.29, 0.717) is 24.3 Å². The summed E-state index contributed by atoms with van der Waals surface area (Å²) in [6, 6.07) is 1.66. The Morgan fingerprint density at radius 1 is 0.509 bits per heavy atom. The van der Waals surface area contributed by atoms with Crippen LogP contribution in [0.3, 0.4) is 0 Å². The molecule has 3 aromatic carbocycles. The van der Waals surface area contributed by atoms with Crippen LogP contribution < -0.4 is 15.4 Å². The van der Waals surface area contributed by atoms with Gasteiger partial charge in [-0.3, -0.25) is 0 Å². The Bertz CT molecular complexity index is 2050. The molecule has 0 aliphatic carbocycles. The van der Waals surface area contributed by atoms with E-state index >= 15 is 43.9 Å². The highest BCUT2D eigenvalue weighted by Crippen LogP contribution is 2.41. The minimum Gasteiger partial charge on any atom is -0.415 e. The second kappa shape index (κ2) is 16.6. The van der Waals surface area contributed by atoms with Crippen molar-refractivity contribution in [1.29, 1.82) is 0 Å². The van der Waals surface area contributed by atoms with Crippen LogP contribution in [0.15, 0.2) is 48.0 Å². The van der Waals surface area contributed by atoms with Crippen molar-refractivity contribution in [3.63, 3.8) is 0 Å². The van der Waals surface area contributed by atoms with Crippen molar-refractivity contribution in [3.8, 4) is 0 Å². The van der Waals surface area contributed by atoms with Gasteiger partial charge in [0.05, 0.1) is 10.9 Å². The van der Waals surface area contributed by atoms with E-state index < -0.39 is 140 Å². The Balaban J connectivity index is 0.00000217. The van der Waals surface area contributed by atoms with Crippen molar-refractivity contribution in [2.45, 2.75) is 39.8 Å². The van der Waals surface area contributed by atoms with Gasteiger partial charge in [-0.25, -0.2) is 65.9 Å². The Morgan fingerprint density at radius 2 is 0.818 bits per heavy atom. The van der Waals surface area contributed by atoms with Gasteiger partial charge in [0.15, 0.2) is 58.2 Å². The fourth-order valence-electron chi connectivity index (χ4n) is 7.04. The number of pyridine rings is 1. The van der Waals surface area contributed by atoms with Crippen LogP contribution in [0, 0.1) is 87.3 Å². The lowest BCUT2D eigenvalue weighted by atomic mass is 9.22. The molecule has 5 rings (SSSR count).